The number of benzene rings is 1. The quantitative estimate of drug-likeness (QED) is 0.602. The number of carbonyl (C=O) groups excluding carboxylic acids is 1. The van der Waals surface area contributed by atoms with Crippen LogP contribution < -0.4 is 5.32 Å². The van der Waals surface area contributed by atoms with E-state index in [1.807, 2.05) is 0 Å². The molecule has 3 rings (SSSR count). The number of nitro benzene ring substituents is 1. The van der Waals surface area contributed by atoms with Gasteiger partial charge in [0.15, 0.2) is 5.69 Å². The van der Waals surface area contributed by atoms with Crippen LogP contribution in [0.5, 0.6) is 0 Å². The molecule has 1 saturated heterocycles. The van der Waals surface area contributed by atoms with Gasteiger partial charge in [0, 0.05) is 18.3 Å². The van der Waals surface area contributed by atoms with Gasteiger partial charge in [-0.05, 0) is 42.5 Å². The molecule has 1 aromatic heterocycles. The van der Waals surface area contributed by atoms with E-state index in [4.69, 9.17) is 0 Å². The number of carbonyl (C=O) groups is 2. The van der Waals surface area contributed by atoms with Crippen molar-refractivity contribution >= 4 is 29.3 Å². The predicted molar refractivity (Wildman–Crippen MR) is 94.6 cm³/mol. The number of aromatic nitrogens is 2. The second-order valence-corrected chi connectivity index (χ2v) is 7.10. The highest BCUT2D eigenvalue weighted by atomic mass is 32.2. The fraction of sp³-hybridized carbons (Fsp3) is 0.312. The number of hydrogen-bond acceptors (Lipinski definition) is 6. The fourth-order valence-electron chi connectivity index (χ4n) is 2.71. The predicted octanol–water partition coefficient (Wildman–Crippen LogP) is 1.86. The minimum Gasteiger partial charge on any atom is -0.480 e. The lowest BCUT2D eigenvalue weighted by atomic mass is 9.92. The normalized spacial score (nSPS) is 16.0. The van der Waals surface area contributed by atoms with Gasteiger partial charge in [-0.2, -0.15) is 16.9 Å². The zero-order valence-corrected chi connectivity index (χ0v) is 14.4. The van der Waals surface area contributed by atoms with Crippen molar-refractivity contribution in [3.05, 3.63) is 52.3 Å². The van der Waals surface area contributed by atoms with Crippen LogP contribution in [0.25, 0.3) is 5.69 Å². The number of thioether (sulfide) groups is 1. The summed E-state index contributed by atoms with van der Waals surface area (Å²) in [4.78, 5) is 34.3. The van der Waals surface area contributed by atoms with E-state index in [-0.39, 0.29) is 11.4 Å². The van der Waals surface area contributed by atoms with E-state index in [9.17, 15) is 24.8 Å². The van der Waals surface area contributed by atoms with Crippen molar-refractivity contribution in [3.8, 4) is 5.69 Å². The molecule has 0 bridgehead atoms. The highest BCUT2D eigenvalue weighted by Gasteiger charge is 2.41. The van der Waals surface area contributed by atoms with Gasteiger partial charge in [0.2, 0.25) is 0 Å². The molecule has 1 aliphatic heterocycles. The molecule has 0 aliphatic carbocycles. The van der Waals surface area contributed by atoms with Gasteiger partial charge < -0.3 is 10.4 Å². The van der Waals surface area contributed by atoms with Crippen molar-refractivity contribution < 1.29 is 19.6 Å². The summed E-state index contributed by atoms with van der Waals surface area (Å²) < 4.78 is 1.41. The highest BCUT2D eigenvalue weighted by Crippen LogP contribution is 2.27. The lowest BCUT2D eigenvalue weighted by Gasteiger charge is -2.33. The van der Waals surface area contributed by atoms with Gasteiger partial charge in [-0.1, -0.05) is 0 Å². The molecule has 0 spiro atoms. The summed E-state index contributed by atoms with van der Waals surface area (Å²) in [6.45, 7) is 0. The van der Waals surface area contributed by atoms with Gasteiger partial charge in [0.1, 0.15) is 5.54 Å². The van der Waals surface area contributed by atoms with Crippen molar-refractivity contribution in [2.45, 2.75) is 18.4 Å². The SMILES string of the molecule is O=C(NC1(C(=O)O)CCSCC1)c1ccn(-c2ccc([N+](=O)[O-])cc2)n1. The third-order valence-corrected chi connectivity index (χ3v) is 5.24. The number of aliphatic carboxylic acids is 1. The minimum atomic E-state index is -1.26. The number of nitrogens with zero attached hydrogens (tertiary/aromatic N) is 3. The first-order valence-electron chi connectivity index (χ1n) is 7.85. The Morgan fingerprint density at radius 3 is 2.46 bits per heavy atom. The van der Waals surface area contributed by atoms with Crippen molar-refractivity contribution in [3.63, 3.8) is 0 Å². The minimum absolute atomic E-state index is 0.0440. The molecule has 2 heterocycles. The monoisotopic (exact) mass is 376 g/mol. The first-order valence-corrected chi connectivity index (χ1v) is 9.01. The Morgan fingerprint density at radius 2 is 1.88 bits per heavy atom. The molecule has 9 nitrogen and oxygen atoms in total. The summed E-state index contributed by atoms with van der Waals surface area (Å²) >= 11 is 1.66. The van der Waals surface area contributed by atoms with Gasteiger partial charge in [-0.25, -0.2) is 9.48 Å². The lowest BCUT2D eigenvalue weighted by molar-refractivity contribution is -0.384. The summed E-state index contributed by atoms with van der Waals surface area (Å²) in [6.07, 6.45) is 2.27. The summed E-state index contributed by atoms with van der Waals surface area (Å²) in [7, 11) is 0. The molecule has 2 aromatic rings. The van der Waals surface area contributed by atoms with Crippen LogP contribution >= 0.6 is 11.8 Å². The van der Waals surface area contributed by atoms with Crippen molar-refractivity contribution in [1.29, 1.82) is 0 Å². The fourth-order valence-corrected chi connectivity index (χ4v) is 3.90. The highest BCUT2D eigenvalue weighted by molar-refractivity contribution is 7.99. The first-order chi connectivity index (χ1) is 12.4. The van der Waals surface area contributed by atoms with Crippen LogP contribution in [-0.2, 0) is 4.79 Å². The van der Waals surface area contributed by atoms with Crippen LogP contribution in [0.2, 0.25) is 0 Å². The molecule has 26 heavy (non-hydrogen) atoms. The summed E-state index contributed by atoms with van der Waals surface area (Å²) in [5.41, 5.74) is -0.671. The smallest absolute Gasteiger partial charge is 0.329 e. The molecule has 10 heteroatoms. The molecule has 0 atom stereocenters. The molecule has 0 unspecified atom stereocenters. The number of carboxylic acids is 1. The van der Waals surface area contributed by atoms with Crippen LogP contribution in [0, 0.1) is 10.1 Å². The summed E-state index contributed by atoms with van der Waals surface area (Å²) in [5.74, 6) is -0.255. The third-order valence-electron chi connectivity index (χ3n) is 4.26. The third kappa shape index (κ3) is 3.54. The molecular weight excluding hydrogens is 360 g/mol. The van der Waals surface area contributed by atoms with Crippen molar-refractivity contribution in [1.82, 2.24) is 15.1 Å². The number of nitrogens with one attached hydrogen (secondary N) is 1. The zero-order chi connectivity index (χ0) is 18.7. The van der Waals surface area contributed by atoms with E-state index < -0.39 is 22.3 Å². The summed E-state index contributed by atoms with van der Waals surface area (Å²) in [5, 5.41) is 27.0. The van der Waals surface area contributed by atoms with E-state index in [1.165, 1.54) is 35.0 Å². The van der Waals surface area contributed by atoms with Crippen LogP contribution in [0.4, 0.5) is 5.69 Å². The molecule has 2 N–H and O–H groups in total. The molecule has 1 aliphatic rings. The van der Waals surface area contributed by atoms with E-state index in [1.54, 1.807) is 18.0 Å². The van der Waals surface area contributed by atoms with E-state index in [0.29, 0.717) is 30.0 Å². The molecule has 0 radical (unpaired) electrons. The summed E-state index contributed by atoms with van der Waals surface area (Å²) in [6, 6.07) is 7.20. The second kappa shape index (κ2) is 7.16. The van der Waals surface area contributed by atoms with E-state index in [2.05, 4.69) is 10.4 Å². The lowest BCUT2D eigenvalue weighted by Crippen LogP contribution is -2.56. The first kappa shape index (κ1) is 17.9. The number of non-ortho nitro benzene ring substituents is 1. The van der Waals surface area contributed by atoms with Crippen molar-refractivity contribution in [2.75, 3.05) is 11.5 Å². The van der Waals surface area contributed by atoms with Gasteiger partial charge >= 0.3 is 5.97 Å². The van der Waals surface area contributed by atoms with Gasteiger partial charge in [-0.15, -0.1) is 0 Å². The van der Waals surface area contributed by atoms with E-state index in [0.717, 1.165) is 0 Å². The maximum atomic E-state index is 12.5. The Bertz CT molecular complexity index is 843. The van der Waals surface area contributed by atoms with Crippen LogP contribution in [0.3, 0.4) is 0 Å². The average Bonchev–Trinajstić information content (AvgIpc) is 3.13. The van der Waals surface area contributed by atoms with Gasteiger partial charge in [0.05, 0.1) is 10.6 Å². The molecule has 136 valence electrons. The van der Waals surface area contributed by atoms with Crippen molar-refractivity contribution in [2.24, 2.45) is 0 Å². The maximum Gasteiger partial charge on any atom is 0.329 e. The molecular formula is C16H16N4O5S. The standard InChI is InChI=1S/C16H16N4O5S/c21-14(17-16(15(22)23)6-9-26-10-7-16)13-5-8-19(18-13)11-1-3-12(4-2-11)20(24)25/h1-5,8H,6-7,9-10H2,(H,17,21)(H,22,23). The number of hydrogen-bond donors (Lipinski definition) is 2. The molecule has 1 amide bonds. The Kier molecular flexibility index (Phi) is 4.94. The van der Waals surface area contributed by atoms with E-state index >= 15 is 0 Å². The largest absolute Gasteiger partial charge is 0.480 e. The number of rotatable bonds is 5. The Hall–Kier alpha value is -2.88. The molecule has 1 fully saturated rings. The van der Waals surface area contributed by atoms with Crippen LogP contribution in [-0.4, -0.2) is 48.7 Å². The Balaban J connectivity index is 1.77. The van der Waals surface area contributed by atoms with Crippen LogP contribution in [0.1, 0.15) is 23.3 Å². The molecule has 0 saturated carbocycles. The Morgan fingerprint density at radius 1 is 1.23 bits per heavy atom. The zero-order valence-electron chi connectivity index (χ0n) is 13.6. The number of carboxylic acid groups (broad SMARTS) is 1. The number of nitro groups is 1. The van der Waals surface area contributed by atoms with Gasteiger partial charge in [-0.3, -0.25) is 14.9 Å². The van der Waals surface area contributed by atoms with Gasteiger partial charge in [0.25, 0.3) is 11.6 Å². The number of amides is 1. The Labute approximate surface area is 152 Å². The second-order valence-electron chi connectivity index (χ2n) is 5.87. The molecule has 1 aromatic carbocycles. The van der Waals surface area contributed by atoms with Crippen LogP contribution in [0.15, 0.2) is 36.5 Å². The topological polar surface area (TPSA) is 127 Å². The average molecular weight is 376 g/mol. The maximum absolute atomic E-state index is 12.5.